The van der Waals surface area contributed by atoms with Gasteiger partial charge in [-0.1, -0.05) is 12.1 Å². The largest absolute Gasteiger partial charge is 0.508 e. The van der Waals surface area contributed by atoms with Crippen LogP contribution in [0.25, 0.3) is 0 Å². The monoisotopic (exact) mass is 234 g/mol. The lowest BCUT2D eigenvalue weighted by Crippen LogP contribution is -2.21. The van der Waals surface area contributed by atoms with Crippen LogP contribution in [0, 0.1) is 0 Å². The Labute approximate surface area is 104 Å². The van der Waals surface area contributed by atoms with Crippen LogP contribution in [-0.2, 0) is 0 Å². The average molecular weight is 234 g/mol. The van der Waals surface area contributed by atoms with Crippen molar-refractivity contribution < 1.29 is 5.11 Å². The van der Waals surface area contributed by atoms with E-state index in [9.17, 15) is 5.11 Å². The van der Waals surface area contributed by atoms with E-state index in [-0.39, 0.29) is 11.8 Å². The molecule has 17 heavy (non-hydrogen) atoms. The summed E-state index contributed by atoms with van der Waals surface area (Å²) in [6, 6.07) is 5.51. The first kappa shape index (κ1) is 13.6. The van der Waals surface area contributed by atoms with Gasteiger partial charge in [-0.05, 0) is 26.3 Å². The Balaban J connectivity index is 2.96. The third-order valence-electron chi connectivity index (χ3n) is 2.96. The van der Waals surface area contributed by atoms with Crippen LogP contribution in [0.2, 0.25) is 0 Å². The van der Waals surface area contributed by atoms with Crippen molar-refractivity contribution in [3.63, 3.8) is 0 Å². The zero-order valence-electron chi connectivity index (χ0n) is 10.7. The van der Waals surface area contributed by atoms with E-state index in [1.54, 1.807) is 12.1 Å². The molecule has 0 radical (unpaired) electrons. The normalized spacial score (nSPS) is 12.2. The number of aromatic hydroxyl groups is 1. The van der Waals surface area contributed by atoms with Crippen LogP contribution in [0.4, 0.5) is 5.69 Å². The predicted octanol–water partition coefficient (Wildman–Crippen LogP) is 2.81. The molecule has 0 fully saturated rings. The molecule has 1 atom stereocenters. The van der Waals surface area contributed by atoms with Crippen molar-refractivity contribution in [2.75, 3.05) is 18.0 Å². The molecule has 0 unspecified atom stereocenters. The van der Waals surface area contributed by atoms with Gasteiger partial charge in [0.05, 0.1) is 0 Å². The highest BCUT2D eigenvalue weighted by atomic mass is 16.3. The van der Waals surface area contributed by atoms with E-state index >= 15 is 0 Å². The lowest BCUT2D eigenvalue weighted by molar-refractivity contribution is 0.461. The van der Waals surface area contributed by atoms with Crippen molar-refractivity contribution in [1.29, 1.82) is 0 Å². The van der Waals surface area contributed by atoms with Crippen LogP contribution in [0.5, 0.6) is 5.75 Å². The van der Waals surface area contributed by atoms with Crippen LogP contribution in [0.3, 0.4) is 0 Å². The van der Waals surface area contributed by atoms with Gasteiger partial charge in [0.15, 0.2) is 0 Å². The summed E-state index contributed by atoms with van der Waals surface area (Å²) in [4.78, 5) is 2.18. The second-order valence-corrected chi connectivity index (χ2v) is 4.05. The van der Waals surface area contributed by atoms with Crippen molar-refractivity contribution >= 4 is 5.69 Å². The Hall–Kier alpha value is -1.48. The molecule has 94 valence electrons. The summed E-state index contributed by atoms with van der Waals surface area (Å²) < 4.78 is 0. The maximum absolute atomic E-state index is 9.99. The number of hydrogen-bond acceptors (Lipinski definition) is 3. The summed E-state index contributed by atoms with van der Waals surface area (Å²) in [5, 5.41) is 9.99. The van der Waals surface area contributed by atoms with Gasteiger partial charge in [-0.25, -0.2) is 0 Å². The number of benzene rings is 1. The molecule has 0 aliphatic rings. The van der Waals surface area contributed by atoms with Crippen molar-refractivity contribution in [1.82, 2.24) is 0 Å². The first-order valence-corrected chi connectivity index (χ1v) is 6.08. The van der Waals surface area contributed by atoms with Crippen LogP contribution in [-0.4, -0.2) is 18.2 Å². The molecule has 3 nitrogen and oxygen atoms in total. The molecule has 0 saturated carbocycles. The fourth-order valence-electron chi connectivity index (χ4n) is 1.94. The van der Waals surface area contributed by atoms with Gasteiger partial charge in [-0.15, -0.1) is 6.58 Å². The molecule has 0 aromatic heterocycles. The third kappa shape index (κ3) is 3.24. The molecule has 1 aromatic carbocycles. The highest BCUT2D eigenvalue weighted by Crippen LogP contribution is 2.29. The van der Waals surface area contributed by atoms with Gasteiger partial charge in [0.1, 0.15) is 5.75 Å². The van der Waals surface area contributed by atoms with Crippen molar-refractivity contribution in [2.24, 2.45) is 5.73 Å². The maximum atomic E-state index is 9.99. The van der Waals surface area contributed by atoms with Crippen LogP contribution >= 0.6 is 0 Å². The van der Waals surface area contributed by atoms with Gasteiger partial charge in [0, 0.05) is 36.4 Å². The Morgan fingerprint density at radius 1 is 1.41 bits per heavy atom. The molecule has 3 N–H and O–H groups in total. The SMILES string of the molecule is C=CC[C@H](N)c1ccc(N(CC)CC)cc1O. The predicted molar refractivity (Wildman–Crippen MR) is 73.4 cm³/mol. The van der Waals surface area contributed by atoms with E-state index in [1.807, 2.05) is 12.1 Å². The highest BCUT2D eigenvalue weighted by molar-refractivity contribution is 5.54. The fourth-order valence-corrected chi connectivity index (χ4v) is 1.94. The van der Waals surface area contributed by atoms with E-state index in [0.29, 0.717) is 6.42 Å². The average Bonchev–Trinajstić information content (AvgIpc) is 2.31. The second kappa shape index (κ2) is 6.30. The molecule has 1 aromatic rings. The summed E-state index contributed by atoms with van der Waals surface area (Å²) in [5.74, 6) is 0.267. The van der Waals surface area contributed by atoms with Crippen molar-refractivity contribution in [3.8, 4) is 5.75 Å². The molecular formula is C14H22N2O. The Morgan fingerprint density at radius 2 is 2.06 bits per heavy atom. The van der Waals surface area contributed by atoms with Gasteiger partial charge in [-0.3, -0.25) is 0 Å². The summed E-state index contributed by atoms with van der Waals surface area (Å²) in [6.07, 6.45) is 2.43. The highest BCUT2D eigenvalue weighted by Gasteiger charge is 2.11. The summed E-state index contributed by atoms with van der Waals surface area (Å²) in [5.41, 5.74) is 7.76. The quantitative estimate of drug-likeness (QED) is 0.744. The number of phenolic OH excluding ortho intramolecular Hbond substituents is 1. The lowest BCUT2D eigenvalue weighted by atomic mass is 10.0. The van der Waals surface area contributed by atoms with E-state index in [1.165, 1.54) is 0 Å². The zero-order chi connectivity index (χ0) is 12.8. The van der Waals surface area contributed by atoms with Crippen molar-refractivity contribution in [2.45, 2.75) is 26.3 Å². The first-order valence-electron chi connectivity index (χ1n) is 6.08. The molecule has 0 heterocycles. The van der Waals surface area contributed by atoms with Gasteiger partial charge < -0.3 is 15.7 Å². The minimum absolute atomic E-state index is 0.182. The number of rotatable bonds is 6. The van der Waals surface area contributed by atoms with Gasteiger partial charge in [-0.2, -0.15) is 0 Å². The smallest absolute Gasteiger partial charge is 0.122 e. The number of hydrogen-bond donors (Lipinski definition) is 2. The minimum Gasteiger partial charge on any atom is -0.508 e. The van der Waals surface area contributed by atoms with Gasteiger partial charge in [0.25, 0.3) is 0 Å². The molecule has 3 heteroatoms. The summed E-state index contributed by atoms with van der Waals surface area (Å²) in [7, 11) is 0. The Bertz CT molecular complexity index is 372. The molecule has 0 aliphatic heterocycles. The zero-order valence-corrected chi connectivity index (χ0v) is 10.7. The number of nitrogens with zero attached hydrogens (tertiary/aromatic N) is 1. The Kier molecular flexibility index (Phi) is 5.04. The molecule has 0 bridgehead atoms. The summed E-state index contributed by atoms with van der Waals surface area (Å²) >= 11 is 0. The standard InChI is InChI=1S/C14H22N2O/c1-4-7-13(15)12-9-8-11(10-14(12)17)16(5-2)6-3/h4,8-10,13,17H,1,5-7,15H2,2-3H3/t13-/m0/s1. The number of nitrogens with two attached hydrogens (primary N) is 1. The van der Waals surface area contributed by atoms with Crippen LogP contribution < -0.4 is 10.6 Å². The summed E-state index contributed by atoms with van der Waals surface area (Å²) in [6.45, 7) is 9.70. The van der Waals surface area contributed by atoms with E-state index in [0.717, 1.165) is 24.3 Å². The fraction of sp³-hybridized carbons (Fsp3) is 0.429. The van der Waals surface area contributed by atoms with Crippen LogP contribution in [0.15, 0.2) is 30.9 Å². The molecule has 0 saturated heterocycles. The first-order chi connectivity index (χ1) is 8.13. The third-order valence-corrected chi connectivity index (χ3v) is 2.96. The molecule has 0 spiro atoms. The molecule has 0 aliphatic carbocycles. The molecule has 0 amide bonds. The molecule has 1 rings (SSSR count). The van der Waals surface area contributed by atoms with Gasteiger partial charge in [0.2, 0.25) is 0 Å². The van der Waals surface area contributed by atoms with E-state index < -0.39 is 0 Å². The van der Waals surface area contributed by atoms with Crippen molar-refractivity contribution in [3.05, 3.63) is 36.4 Å². The topological polar surface area (TPSA) is 49.5 Å². The maximum Gasteiger partial charge on any atom is 0.122 e. The van der Waals surface area contributed by atoms with E-state index in [4.69, 9.17) is 5.73 Å². The van der Waals surface area contributed by atoms with Gasteiger partial charge >= 0.3 is 0 Å². The Morgan fingerprint density at radius 3 is 2.53 bits per heavy atom. The second-order valence-electron chi connectivity index (χ2n) is 4.05. The molecular weight excluding hydrogens is 212 g/mol. The minimum atomic E-state index is -0.182. The van der Waals surface area contributed by atoms with Crippen LogP contribution in [0.1, 0.15) is 31.9 Å². The number of phenols is 1. The number of anilines is 1. The lowest BCUT2D eigenvalue weighted by Gasteiger charge is -2.22. The van der Waals surface area contributed by atoms with E-state index in [2.05, 4.69) is 25.3 Å².